The summed E-state index contributed by atoms with van der Waals surface area (Å²) in [6.07, 6.45) is 10.5. The third-order valence-corrected chi connectivity index (χ3v) is 13.3. The van der Waals surface area contributed by atoms with Crippen molar-refractivity contribution in [2.45, 2.75) is 172 Å². The Kier molecular flexibility index (Phi) is 11.4. The molecule has 11 nitrogen and oxygen atoms in total. The summed E-state index contributed by atoms with van der Waals surface area (Å²) in [5.74, 6) is 0.708. The SMILES string of the molecule is CCCCCN1CNC(N)C2C1N([C@@H]1O[C@H](CN(C(C)C)[C@H]3C[C@H](CCC4Nc5ccc(C6(C)CCC6)cc5N4)C3)[C@@H](O)[C@H]1O)CN2CCC. The minimum Gasteiger partial charge on any atom is -0.387 e. The van der Waals surface area contributed by atoms with Crippen molar-refractivity contribution in [3.8, 4) is 0 Å². The second-order valence-corrected chi connectivity index (χ2v) is 17.2. The van der Waals surface area contributed by atoms with E-state index in [4.69, 9.17) is 10.5 Å². The number of anilines is 2. The van der Waals surface area contributed by atoms with Gasteiger partial charge in [-0.25, -0.2) is 4.90 Å². The molecule has 6 aliphatic rings. The number of benzene rings is 1. The van der Waals surface area contributed by atoms with Gasteiger partial charge in [0.15, 0.2) is 0 Å². The normalized spacial score (nSPS) is 37.0. The van der Waals surface area contributed by atoms with Crippen LogP contribution in [0.1, 0.15) is 111 Å². The molecule has 5 fully saturated rings. The summed E-state index contributed by atoms with van der Waals surface area (Å²) in [7, 11) is 0. The predicted molar refractivity (Wildman–Crippen MR) is 200 cm³/mol. The van der Waals surface area contributed by atoms with Crippen LogP contribution in [0.25, 0.3) is 0 Å². The van der Waals surface area contributed by atoms with E-state index in [2.05, 4.69) is 88.4 Å². The first-order chi connectivity index (χ1) is 24.1. The fourth-order valence-corrected chi connectivity index (χ4v) is 10.0. The van der Waals surface area contributed by atoms with Gasteiger partial charge in [0.2, 0.25) is 0 Å². The van der Waals surface area contributed by atoms with E-state index in [1.165, 1.54) is 68.3 Å². The molecule has 0 amide bonds. The zero-order valence-corrected chi connectivity index (χ0v) is 31.6. The van der Waals surface area contributed by atoms with Gasteiger partial charge in [-0.05, 0) is 101 Å². The largest absolute Gasteiger partial charge is 0.387 e. The molecule has 8 atom stereocenters. The van der Waals surface area contributed by atoms with Gasteiger partial charge in [0.25, 0.3) is 0 Å². The quantitative estimate of drug-likeness (QED) is 0.149. The van der Waals surface area contributed by atoms with Gasteiger partial charge in [0.05, 0.1) is 49.3 Å². The van der Waals surface area contributed by atoms with Gasteiger partial charge in [-0.2, -0.15) is 0 Å². The molecule has 282 valence electrons. The highest BCUT2D eigenvalue weighted by atomic mass is 16.6. The number of nitrogens with two attached hydrogens (primary N) is 1. The van der Waals surface area contributed by atoms with Crippen molar-refractivity contribution in [1.29, 1.82) is 0 Å². The Morgan fingerprint density at radius 1 is 1.00 bits per heavy atom. The standard InChI is InChI=1S/C39H68N8O3/c1-6-8-9-18-44-23-41-36(40)33-37(44)47(24-45(33)17-7-2)38-35(49)34(48)31(50-38)22-46(25(3)4)28-19-26(20-28)11-14-32-42-29-13-12-27(21-30(29)43-32)39(5)15-10-16-39/h12-13,21,25-26,28,31-38,41-43,48-49H,6-11,14-20,22-24,40H2,1-5H3/t26-,28-,31-,32?,33?,34-,35-,36?,37?,38-/m1/s1. The van der Waals surface area contributed by atoms with Crippen molar-refractivity contribution in [2.24, 2.45) is 11.7 Å². The first-order valence-corrected chi connectivity index (χ1v) is 20.3. The van der Waals surface area contributed by atoms with Crippen molar-refractivity contribution >= 4 is 11.4 Å². The number of nitrogens with one attached hydrogen (secondary N) is 3. The molecule has 11 heteroatoms. The van der Waals surface area contributed by atoms with E-state index in [1.807, 2.05) is 0 Å². The van der Waals surface area contributed by atoms with Gasteiger partial charge in [-0.3, -0.25) is 20.0 Å². The lowest BCUT2D eigenvalue weighted by Crippen LogP contribution is -2.69. The molecule has 0 radical (unpaired) electrons. The lowest BCUT2D eigenvalue weighted by atomic mass is 9.66. The number of nitrogens with zero attached hydrogens (tertiary/aromatic N) is 4. The van der Waals surface area contributed by atoms with Gasteiger partial charge < -0.3 is 31.3 Å². The molecule has 7 rings (SSSR count). The molecule has 4 aliphatic heterocycles. The van der Waals surface area contributed by atoms with Crippen LogP contribution in [0.3, 0.4) is 0 Å². The molecule has 2 aliphatic carbocycles. The molecular weight excluding hydrogens is 628 g/mol. The second kappa shape index (κ2) is 15.4. The summed E-state index contributed by atoms with van der Waals surface area (Å²) < 4.78 is 6.72. The number of fused-ring (bicyclic) bond motifs is 2. The minimum atomic E-state index is -0.961. The summed E-state index contributed by atoms with van der Waals surface area (Å²) in [6.45, 7) is 15.3. The third-order valence-electron chi connectivity index (χ3n) is 13.3. The summed E-state index contributed by atoms with van der Waals surface area (Å²) in [5.41, 5.74) is 11.1. The number of aliphatic hydroxyl groups excluding tert-OH is 2. The second-order valence-electron chi connectivity index (χ2n) is 17.2. The van der Waals surface area contributed by atoms with Gasteiger partial charge >= 0.3 is 0 Å². The molecule has 1 aromatic carbocycles. The van der Waals surface area contributed by atoms with Crippen LogP contribution in [0.4, 0.5) is 11.4 Å². The first kappa shape index (κ1) is 36.8. The van der Waals surface area contributed by atoms with Gasteiger partial charge in [-0.1, -0.05) is 46.1 Å². The molecule has 4 heterocycles. The number of hydrogen-bond donors (Lipinski definition) is 6. The maximum absolute atomic E-state index is 11.5. The van der Waals surface area contributed by atoms with E-state index in [1.54, 1.807) is 0 Å². The molecule has 7 N–H and O–H groups in total. The fourth-order valence-electron chi connectivity index (χ4n) is 10.0. The van der Waals surface area contributed by atoms with Crippen LogP contribution in [0.2, 0.25) is 0 Å². The lowest BCUT2D eigenvalue weighted by Gasteiger charge is -2.47. The van der Waals surface area contributed by atoms with Crippen molar-refractivity contribution in [1.82, 2.24) is 24.9 Å². The molecule has 50 heavy (non-hydrogen) atoms. The van der Waals surface area contributed by atoms with E-state index in [0.717, 1.165) is 39.0 Å². The Labute approximate surface area is 301 Å². The molecule has 1 aromatic rings. The Bertz CT molecular complexity index is 1280. The van der Waals surface area contributed by atoms with Crippen LogP contribution in [0.15, 0.2) is 18.2 Å². The van der Waals surface area contributed by atoms with Crippen LogP contribution >= 0.6 is 0 Å². The highest BCUT2D eigenvalue weighted by Crippen LogP contribution is 2.46. The average molecular weight is 697 g/mol. The molecule has 4 unspecified atom stereocenters. The summed E-state index contributed by atoms with van der Waals surface area (Å²) in [5, 5.41) is 34.0. The monoisotopic (exact) mass is 697 g/mol. The van der Waals surface area contributed by atoms with E-state index in [9.17, 15) is 10.2 Å². The molecule has 0 bridgehead atoms. The number of hydrogen-bond acceptors (Lipinski definition) is 11. The maximum atomic E-state index is 11.5. The maximum Gasteiger partial charge on any atom is 0.142 e. The summed E-state index contributed by atoms with van der Waals surface area (Å²) in [4.78, 5) is 9.75. The first-order valence-electron chi connectivity index (χ1n) is 20.3. The van der Waals surface area contributed by atoms with Crippen LogP contribution in [0.5, 0.6) is 0 Å². The number of unbranched alkanes of at least 4 members (excludes halogenated alkanes) is 2. The summed E-state index contributed by atoms with van der Waals surface area (Å²) >= 11 is 0. The Morgan fingerprint density at radius 3 is 2.48 bits per heavy atom. The number of aliphatic hydroxyl groups is 2. The predicted octanol–water partition coefficient (Wildman–Crippen LogP) is 4.03. The van der Waals surface area contributed by atoms with Crippen LogP contribution < -0.4 is 21.7 Å². The van der Waals surface area contributed by atoms with Gasteiger partial charge in [-0.15, -0.1) is 0 Å². The zero-order chi connectivity index (χ0) is 35.2. The molecular formula is C39H68N8O3. The fraction of sp³-hybridized carbons (Fsp3) is 0.846. The van der Waals surface area contributed by atoms with E-state index in [0.29, 0.717) is 42.8 Å². The Morgan fingerprint density at radius 2 is 1.78 bits per heavy atom. The average Bonchev–Trinajstić information content (AvgIpc) is 3.73. The van der Waals surface area contributed by atoms with E-state index >= 15 is 0 Å². The molecule has 0 aromatic heterocycles. The molecule has 0 spiro atoms. The van der Waals surface area contributed by atoms with E-state index in [-0.39, 0.29) is 18.4 Å². The van der Waals surface area contributed by atoms with Crippen molar-refractivity contribution in [2.75, 3.05) is 43.6 Å². The zero-order valence-electron chi connectivity index (χ0n) is 31.6. The van der Waals surface area contributed by atoms with Crippen LogP contribution in [-0.4, -0.2) is 124 Å². The Balaban J connectivity index is 0.931. The molecule has 2 saturated carbocycles. The van der Waals surface area contributed by atoms with Crippen LogP contribution in [0, 0.1) is 5.92 Å². The lowest BCUT2D eigenvalue weighted by molar-refractivity contribution is -0.134. The highest BCUT2D eigenvalue weighted by molar-refractivity contribution is 5.75. The Hall–Kier alpha value is -1.54. The topological polar surface area (TPSA) is 125 Å². The number of rotatable bonds is 15. The van der Waals surface area contributed by atoms with Crippen molar-refractivity contribution in [3.63, 3.8) is 0 Å². The van der Waals surface area contributed by atoms with Crippen molar-refractivity contribution in [3.05, 3.63) is 23.8 Å². The minimum absolute atomic E-state index is 0.0403. The smallest absolute Gasteiger partial charge is 0.142 e. The highest BCUT2D eigenvalue weighted by Gasteiger charge is 2.56. The summed E-state index contributed by atoms with van der Waals surface area (Å²) in [6, 6.07) is 7.90. The van der Waals surface area contributed by atoms with Crippen LogP contribution in [-0.2, 0) is 10.2 Å². The molecule has 3 saturated heterocycles. The van der Waals surface area contributed by atoms with E-state index < -0.39 is 24.5 Å². The third kappa shape index (κ3) is 7.20. The van der Waals surface area contributed by atoms with Gasteiger partial charge in [0.1, 0.15) is 24.5 Å². The van der Waals surface area contributed by atoms with Crippen molar-refractivity contribution < 1.29 is 14.9 Å². The van der Waals surface area contributed by atoms with Gasteiger partial charge in [0, 0.05) is 25.2 Å². The number of ether oxygens (including phenoxy) is 1.